The van der Waals surface area contributed by atoms with Gasteiger partial charge in [-0.1, -0.05) is 13.8 Å². The van der Waals surface area contributed by atoms with Gasteiger partial charge in [0.15, 0.2) is 0 Å². The fraction of sp³-hybridized carbons (Fsp3) is 0.619. The van der Waals surface area contributed by atoms with Crippen LogP contribution in [0.15, 0.2) is 28.9 Å². The van der Waals surface area contributed by atoms with Gasteiger partial charge in [-0.15, -0.1) is 10.2 Å². The lowest BCUT2D eigenvalue weighted by molar-refractivity contribution is -0.132. The zero-order valence-corrected chi connectivity index (χ0v) is 17.9. The van der Waals surface area contributed by atoms with Crippen LogP contribution in [0.1, 0.15) is 57.9 Å². The third-order valence-corrected chi connectivity index (χ3v) is 8.88. The Labute approximate surface area is 177 Å². The number of pyridine rings is 1. The van der Waals surface area contributed by atoms with Gasteiger partial charge in [-0.3, -0.25) is 18.9 Å². The quantitative estimate of drug-likeness (QED) is 0.667. The molecule has 5 atom stereocenters. The maximum absolute atomic E-state index is 13.2. The minimum absolute atomic E-state index is 0.0894. The van der Waals surface area contributed by atoms with E-state index in [2.05, 4.69) is 29.0 Å². The molecular formula is C21H25N4O4S-. The number of rotatable bonds is 5. The lowest BCUT2D eigenvalue weighted by Gasteiger charge is -2.48. The Morgan fingerprint density at radius 2 is 2.03 bits per heavy atom. The number of likely N-dealkylation sites (tertiary alicyclic amines) is 1. The van der Waals surface area contributed by atoms with E-state index < -0.39 is 21.9 Å². The summed E-state index contributed by atoms with van der Waals surface area (Å²) in [6.07, 6.45) is 6.85. The Balaban J connectivity index is 1.52. The van der Waals surface area contributed by atoms with Crippen LogP contribution in [0.2, 0.25) is 0 Å². The molecule has 2 aromatic rings. The van der Waals surface area contributed by atoms with Crippen LogP contribution in [-0.2, 0) is 15.9 Å². The number of Topliss-reactive ketones (excluding diaryl/α,β-unsaturated/α-hetero) is 1. The first kappa shape index (κ1) is 20.0. The highest BCUT2D eigenvalue weighted by molar-refractivity contribution is 7.79. The molecule has 3 fully saturated rings. The van der Waals surface area contributed by atoms with Crippen molar-refractivity contribution < 1.29 is 18.0 Å². The molecule has 2 aliphatic carbocycles. The van der Waals surface area contributed by atoms with Gasteiger partial charge in [0.2, 0.25) is 11.8 Å². The number of ketones is 1. The average molecular weight is 430 g/mol. The third-order valence-electron chi connectivity index (χ3n) is 7.84. The molecule has 0 N–H and O–H groups in total. The van der Waals surface area contributed by atoms with Crippen molar-refractivity contribution in [1.82, 2.24) is 20.1 Å². The summed E-state index contributed by atoms with van der Waals surface area (Å²) in [7, 11) is 0. The summed E-state index contributed by atoms with van der Waals surface area (Å²) < 4.78 is 31.2. The second-order valence-electron chi connectivity index (χ2n) is 9.25. The molecule has 30 heavy (non-hydrogen) atoms. The highest BCUT2D eigenvalue weighted by Gasteiger charge is 2.69. The van der Waals surface area contributed by atoms with E-state index in [1.54, 1.807) is 24.5 Å². The van der Waals surface area contributed by atoms with Crippen molar-refractivity contribution in [2.45, 2.75) is 57.4 Å². The Kier molecular flexibility index (Phi) is 4.68. The topological polar surface area (TPSA) is 112 Å². The summed E-state index contributed by atoms with van der Waals surface area (Å²) in [4.78, 5) is 19.1. The van der Waals surface area contributed by atoms with Gasteiger partial charge in [0.05, 0.1) is 16.8 Å². The van der Waals surface area contributed by atoms with Crippen molar-refractivity contribution in [3.05, 3.63) is 30.4 Å². The van der Waals surface area contributed by atoms with Crippen LogP contribution in [0.3, 0.4) is 0 Å². The van der Waals surface area contributed by atoms with Gasteiger partial charge in [0.25, 0.3) is 0 Å². The van der Waals surface area contributed by atoms with E-state index in [-0.39, 0.29) is 23.2 Å². The zero-order valence-electron chi connectivity index (χ0n) is 17.1. The molecule has 3 heterocycles. The predicted molar refractivity (Wildman–Crippen MR) is 107 cm³/mol. The molecular weight excluding hydrogens is 404 g/mol. The maximum atomic E-state index is 13.2. The van der Waals surface area contributed by atoms with E-state index in [0.717, 1.165) is 24.8 Å². The Morgan fingerprint density at radius 1 is 1.27 bits per heavy atom. The van der Waals surface area contributed by atoms with Crippen LogP contribution in [0.25, 0.3) is 11.5 Å². The van der Waals surface area contributed by atoms with E-state index in [1.165, 1.54) is 0 Å². The summed E-state index contributed by atoms with van der Waals surface area (Å²) in [5.74, 6) is 1.13. The lowest BCUT2D eigenvalue weighted by Crippen LogP contribution is -2.56. The predicted octanol–water partition coefficient (Wildman–Crippen LogP) is 2.87. The van der Waals surface area contributed by atoms with Crippen LogP contribution in [0.4, 0.5) is 0 Å². The first-order valence-electron chi connectivity index (χ1n) is 10.5. The third kappa shape index (κ3) is 2.68. The molecule has 5 unspecified atom stereocenters. The molecule has 2 saturated carbocycles. The van der Waals surface area contributed by atoms with Crippen molar-refractivity contribution in [3.8, 4) is 11.5 Å². The van der Waals surface area contributed by atoms with Gasteiger partial charge in [-0.2, -0.15) is 0 Å². The first-order chi connectivity index (χ1) is 14.4. The molecule has 2 bridgehead atoms. The van der Waals surface area contributed by atoms with Crippen LogP contribution in [0.5, 0.6) is 0 Å². The van der Waals surface area contributed by atoms with Crippen molar-refractivity contribution >= 4 is 16.9 Å². The standard InChI is InChI=1S/C21H26N4O4S/c1-20(2)14-5-8-21(20,16(26)12-14)19(30(27)28)25-11-3-4-15(25)18-24-23-17(29-18)13-6-9-22-10-7-13/h6-7,9-10,14-15,19H,3-5,8,11-12H2,1-2H3,(H,27,28)/p-1. The maximum Gasteiger partial charge on any atom is 0.247 e. The Morgan fingerprint density at radius 3 is 2.67 bits per heavy atom. The van der Waals surface area contributed by atoms with Gasteiger partial charge in [0, 0.05) is 30.9 Å². The smallest absolute Gasteiger partial charge is 0.247 e. The number of hydrogen-bond acceptors (Lipinski definition) is 8. The van der Waals surface area contributed by atoms with Gasteiger partial charge in [-0.05, 0) is 60.2 Å². The van der Waals surface area contributed by atoms with E-state index in [9.17, 15) is 13.6 Å². The zero-order chi connectivity index (χ0) is 21.1. The summed E-state index contributed by atoms with van der Waals surface area (Å²) in [6, 6.07) is 3.27. The highest BCUT2D eigenvalue weighted by Crippen LogP contribution is 2.67. The highest BCUT2D eigenvalue weighted by atomic mass is 32.2. The normalized spacial score (nSPS) is 32.6. The van der Waals surface area contributed by atoms with Gasteiger partial charge in [-0.25, -0.2) is 0 Å². The van der Waals surface area contributed by atoms with Crippen LogP contribution >= 0.6 is 0 Å². The second kappa shape index (κ2) is 7.03. The number of aromatic nitrogens is 3. The minimum atomic E-state index is -2.43. The number of hydrogen-bond donors (Lipinski definition) is 0. The second-order valence-corrected chi connectivity index (χ2v) is 10.2. The van der Waals surface area contributed by atoms with E-state index >= 15 is 0 Å². The average Bonchev–Trinajstić information content (AvgIpc) is 3.46. The molecule has 9 heteroatoms. The number of nitrogens with zero attached hydrogens (tertiary/aromatic N) is 4. The molecule has 1 saturated heterocycles. The molecule has 160 valence electrons. The molecule has 0 amide bonds. The first-order valence-corrected chi connectivity index (χ1v) is 11.6. The molecule has 5 rings (SSSR count). The monoisotopic (exact) mass is 429 g/mol. The van der Waals surface area contributed by atoms with E-state index in [1.807, 2.05) is 4.90 Å². The summed E-state index contributed by atoms with van der Waals surface area (Å²) in [5, 5.41) is 7.53. The Bertz CT molecular complexity index is 994. The fourth-order valence-electron chi connectivity index (χ4n) is 6.16. The van der Waals surface area contributed by atoms with E-state index in [4.69, 9.17) is 4.42 Å². The molecule has 3 aliphatic rings. The van der Waals surface area contributed by atoms with Gasteiger partial charge < -0.3 is 8.97 Å². The molecule has 0 radical (unpaired) electrons. The number of fused-ring (bicyclic) bond motifs is 2. The van der Waals surface area contributed by atoms with Gasteiger partial charge >= 0.3 is 0 Å². The largest absolute Gasteiger partial charge is 0.771 e. The Hall–Kier alpha value is -1.97. The lowest BCUT2D eigenvalue weighted by atomic mass is 9.68. The van der Waals surface area contributed by atoms with E-state index in [0.29, 0.717) is 31.2 Å². The molecule has 0 spiro atoms. The molecule has 0 aromatic carbocycles. The summed E-state index contributed by atoms with van der Waals surface area (Å²) >= 11 is -2.43. The van der Waals surface area contributed by atoms with Crippen molar-refractivity contribution in [2.75, 3.05) is 6.54 Å². The molecule has 8 nitrogen and oxygen atoms in total. The number of carbonyl (C=O) groups is 1. The summed E-state index contributed by atoms with van der Waals surface area (Å²) in [6.45, 7) is 4.72. The molecule has 2 aromatic heterocycles. The molecule has 1 aliphatic heterocycles. The minimum Gasteiger partial charge on any atom is -0.771 e. The van der Waals surface area contributed by atoms with Crippen LogP contribution < -0.4 is 0 Å². The van der Waals surface area contributed by atoms with Crippen LogP contribution in [0, 0.1) is 16.7 Å². The fourth-order valence-corrected chi connectivity index (χ4v) is 7.52. The summed E-state index contributed by atoms with van der Waals surface area (Å²) in [5.41, 5.74) is -0.457. The number of carbonyl (C=O) groups excluding carboxylic acids is 1. The van der Waals surface area contributed by atoms with Crippen LogP contribution in [-0.4, -0.2) is 46.5 Å². The van der Waals surface area contributed by atoms with Gasteiger partial charge in [0.1, 0.15) is 5.78 Å². The van der Waals surface area contributed by atoms with Crippen molar-refractivity contribution in [3.63, 3.8) is 0 Å². The van der Waals surface area contributed by atoms with Crippen molar-refractivity contribution in [2.24, 2.45) is 16.7 Å². The SMILES string of the molecule is CC1(C)C2CCC1(C(N1CCCC1c1nnc(-c3ccncc3)o1)S(=O)[O-])C(=O)C2. The van der Waals surface area contributed by atoms with Crippen molar-refractivity contribution in [1.29, 1.82) is 0 Å².